The third-order valence-corrected chi connectivity index (χ3v) is 7.44. The monoisotopic (exact) mass is 470 g/mol. The van der Waals surface area contributed by atoms with Gasteiger partial charge in [0.05, 0.1) is 5.02 Å². The molecule has 1 heterocycles. The van der Waals surface area contributed by atoms with Crippen LogP contribution in [-0.2, 0) is 10.0 Å². The Labute approximate surface area is 172 Å². The molecule has 5 nitrogen and oxygen atoms in total. The second-order valence-electron chi connectivity index (χ2n) is 6.52. The minimum absolute atomic E-state index is 0.0220. The molecule has 1 aliphatic heterocycles. The Morgan fingerprint density at radius 1 is 1.11 bits per heavy atom. The minimum atomic E-state index is -3.72. The zero-order valence-electron chi connectivity index (χ0n) is 14.8. The first-order valence-corrected chi connectivity index (χ1v) is 11.3. The molecule has 0 spiro atoms. The molecule has 8 heteroatoms. The molecule has 2 aromatic rings. The van der Waals surface area contributed by atoms with E-state index in [0.29, 0.717) is 18.8 Å². The maximum Gasteiger partial charge on any atom is 0.255 e. The molecule has 0 saturated carbocycles. The van der Waals surface area contributed by atoms with Crippen molar-refractivity contribution >= 4 is 49.1 Å². The zero-order chi connectivity index (χ0) is 19.6. The summed E-state index contributed by atoms with van der Waals surface area (Å²) in [4.78, 5) is 12.6. The van der Waals surface area contributed by atoms with Gasteiger partial charge in [-0.25, -0.2) is 8.42 Å². The lowest BCUT2D eigenvalue weighted by atomic mass is 10.1. The lowest BCUT2D eigenvalue weighted by molar-refractivity contribution is 0.102. The van der Waals surface area contributed by atoms with Crippen molar-refractivity contribution in [3.05, 3.63) is 57.0 Å². The molecule has 0 unspecified atom stereocenters. The quantitative estimate of drug-likeness (QED) is 0.694. The zero-order valence-corrected chi connectivity index (χ0v) is 18.0. The Balaban J connectivity index is 1.89. The van der Waals surface area contributed by atoms with Crippen LogP contribution >= 0.6 is 27.5 Å². The normalized spacial score (nSPS) is 15.5. The van der Waals surface area contributed by atoms with Crippen LogP contribution in [-0.4, -0.2) is 31.7 Å². The number of aryl methyl sites for hydroxylation is 1. The third-order valence-electron chi connectivity index (χ3n) is 4.56. The summed E-state index contributed by atoms with van der Waals surface area (Å²) in [5.41, 5.74) is 1.81. The van der Waals surface area contributed by atoms with Gasteiger partial charge in [0, 0.05) is 28.8 Å². The third kappa shape index (κ3) is 4.54. The number of piperidine rings is 1. The van der Waals surface area contributed by atoms with Crippen LogP contribution in [0, 0.1) is 6.92 Å². The van der Waals surface area contributed by atoms with Gasteiger partial charge in [0.2, 0.25) is 10.0 Å². The number of nitrogens with one attached hydrogen (secondary N) is 1. The number of benzene rings is 2. The number of rotatable bonds is 4. The number of halogens is 2. The number of nitrogens with zero attached hydrogens (tertiary/aromatic N) is 1. The van der Waals surface area contributed by atoms with Gasteiger partial charge in [0.15, 0.2) is 0 Å². The highest BCUT2D eigenvalue weighted by atomic mass is 79.9. The maximum atomic E-state index is 12.9. The highest BCUT2D eigenvalue weighted by molar-refractivity contribution is 9.10. The Morgan fingerprint density at radius 3 is 2.48 bits per heavy atom. The Morgan fingerprint density at radius 2 is 1.81 bits per heavy atom. The standard InChI is InChI=1S/C19H20BrClN2O3S/c1-13-11-15(20)6-8-17(13)22-19(24)14-5-7-16(21)18(12-14)27(25,26)23-9-3-2-4-10-23/h5-8,11-12H,2-4,9-10H2,1H3,(H,22,24). The second-order valence-corrected chi connectivity index (χ2v) is 9.75. The topological polar surface area (TPSA) is 66.5 Å². The average Bonchev–Trinajstić information content (AvgIpc) is 2.65. The van der Waals surface area contributed by atoms with Crippen molar-refractivity contribution in [2.24, 2.45) is 0 Å². The molecule has 2 aromatic carbocycles. The minimum Gasteiger partial charge on any atom is -0.322 e. The number of sulfonamides is 1. The summed E-state index contributed by atoms with van der Waals surface area (Å²) < 4.78 is 28.2. The Bertz CT molecular complexity index is 973. The van der Waals surface area contributed by atoms with Crippen molar-refractivity contribution in [1.29, 1.82) is 0 Å². The molecule has 0 radical (unpaired) electrons. The van der Waals surface area contributed by atoms with Crippen molar-refractivity contribution in [1.82, 2.24) is 4.31 Å². The van der Waals surface area contributed by atoms with Gasteiger partial charge in [-0.3, -0.25) is 4.79 Å². The van der Waals surface area contributed by atoms with E-state index >= 15 is 0 Å². The van der Waals surface area contributed by atoms with Crippen molar-refractivity contribution in [3.63, 3.8) is 0 Å². The largest absolute Gasteiger partial charge is 0.322 e. The van der Waals surface area contributed by atoms with Gasteiger partial charge < -0.3 is 5.32 Å². The number of anilines is 1. The summed E-state index contributed by atoms with van der Waals surface area (Å²) in [6, 6.07) is 9.86. The number of hydrogen-bond donors (Lipinski definition) is 1. The molecule has 0 bridgehead atoms. The fourth-order valence-corrected chi connectivity index (χ4v) is 5.54. The number of amides is 1. The van der Waals surface area contributed by atoms with Crippen LogP contribution in [0.2, 0.25) is 5.02 Å². The van der Waals surface area contributed by atoms with Gasteiger partial charge in [-0.1, -0.05) is 34.0 Å². The number of carbonyl (C=O) groups excluding carboxylic acids is 1. The summed E-state index contributed by atoms with van der Waals surface area (Å²) in [7, 11) is -3.72. The molecular formula is C19H20BrClN2O3S. The van der Waals surface area contributed by atoms with E-state index in [2.05, 4.69) is 21.2 Å². The van der Waals surface area contributed by atoms with Crippen LogP contribution in [0.15, 0.2) is 45.8 Å². The maximum absolute atomic E-state index is 12.9. The fraction of sp³-hybridized carbons (Fsp3) is 0.316. The van der Waals surface area contributed by atoms with Gasteiger partial charge in [-0.15, -0.1) is 0 Å². The van der Waals surface area contributed by atoms with Crippen LogP contribution in [0.3, 0.4) is 0 Å². The van der Waals surface area contributed by atoms with Gasteiger partial charge >= 0.3 is 0 Å². The van der Waals surface area contributed by atoms with E-state index in [0.717, 1.165) is 29.3 Å². The molecule has 0 aliphatic carbocycles. The fourth-order valence-electron chi connectivity index (χ4n) is 3.05. The molecule has 1 aliphatic rings. The van der Waals surface area contributed by atoms with E-state index in [9.17, 15) is 13.2 Å². The van der Waals surface area contributed by atoms with E-state index in [1.54, 1.807) is 6.07 Å². The predicted molar refractivity (Wildman–Crippen MR) is 111 cm³/mol. The first-order chi connectivity index (χ1) is 12.8. The summed E-state index contributed by atoms with van der Waals surface area (Å²) in [6.45, 7) is 2.84. The second kappa shape index (κ2) is 8.31. The van der Waals surface area contributed by atoms with E-state index < -0.39 is 10.0 Å². The van der Waals surface area contributed by atoms with Crippen molar-refractivity contribution in [2.75, 3.05) is 18.4 Å². The molecule has 1 amide bonds. The highest BCUT2D eigenvalue weighted by Gasteiger charge is 2.28. The molecular weight excluding hydrogens is 452 g/mol. The summed E-state index contributed by atoms with van der Waals surface area (Å²) in [6.07, 6.45) is 2.69. The SMILES string of the molecule is Cc1cc(Br)ccc1NC(=O)c1ccc(Cl)c(S(=O)(=O)N2CCCCC2)c1. The summed E-state index contributed by atoms with van der Waals surface area (Å²) in [5.74, 6) is -0.382. The highest BCUT2D eigenvalue weighted by Crippen LogP contribution is 2.28. The molecule has 0 atom stereocenters. The van der Waals surface area contributed by atoms with E-state index in [4.69, 9.17) is 11.6 Å². The molecule has 144 valence electrons. The van der Waals surface area contributed by atoms with Crippen molar-refractivity contribution < 1.29 is 13.2 Å². The van der Waals surface area contributed by atoms with Gasteiger partial charge in [0.1, 0.15) is 4.90 Å². The van der Waals surface area contributed by atoms with Crippen molar-refractivity contribution in [2.45, 2.75) is 31.1 Å². The predicted octanol–water partition coefficient (Wildman–Crippen LogP) is 4.84. The molecule has 27 heavy (non-hydrogen) atoms. The lowest BCUT2D eigenvalue weighted by Crippen LogP contribution is -2.35. The van der Waals surface area contributed by atoms with Gasteiger partial charge in [0.25, 0.3) is 5.91 Å². The van der Waals surface area contributed by atoms with Crippen LogP contribution in [0.5, 0.6) is 0 Å². The molecule has 0 aromatic heterocycles. The first kappa shape index (κ1) is 20.3. The average molecular weight is 472 g/mol. The van der Waals surface area contributed by atoms with Crippen LogP contribution in [0.25, 0.3) is 0 Å². The summed E-state index contributed by atoms with van der Waals surface area (Å²) in [5, 5.41) is 2.94. The smallest absolute Gasteiger partial charge is 0.255 e. The van der Waals surface area contributed by atoms with Crippen LogP contribution in [0.1, 0.15) is 35.2 Å². The van der Waals surface area contributed by atoms with E-state index in [1.807, 2.05) is 19.1 Å². The van der Waals surface area contributed by atoms with Crippen LogP contribution in [0.4, 0.5) is 5.69 Å². The molecule has 1 N–H and O–H groups in total. The lowest BCUT2D eigenvalue weighted by Gasteiger charge is -2.26. The van der Waals surface area contributed by atoms with E-state index in [1.165, 1.54) is 22.5 Å². The van der Waals surface area contributed by atoms with Gasteiger partial charge in [-0.2, -0.15) is 4.31 Å². The summed E-state index contributed by atoms with van der Waals surface area (Å²) >= 11 is 9.55. The van der Waals surface area contributed by atoms with Gasteiger partial charge in [-0.05, 0) is 61.7 Å². The molecule has 1 fully saturated rings. The molecule has 3 rings (SSSR count). The number of carbonyl (C=O) groups is 1. The first-order valence-electron chi connectivity index (χ1n) is 8.66. The van der Waals surface area contributed by atoms with Crippen molar-refractivity contribution in [3.8, 4) is 0 Å². The number of hydrogen-bond acceptors (Lipinski definition) is 3. The Kier molecular flexibility index (Phi) is 6.25. The van der Waals surface area contributed by atoms with Crippen LogP contribution < -0.4 is 5.32 Å². The Hall–Kier alpha value is -1.41. The molecule has 1 saturated heterocycles. The van der Waals surface area contributed by atoms with E-state index in [-0.39, 0.29) is 21.4 Å².